The molecule has 6 rings (SSSR count). The van der Waals surface area contributed by atoms with Gasteiger partial charge in [0.2, 0.25) is 5.91 Å². The normalized spacial score (nSPS) is 19.1. The molecule has 2 aromatic carbocycles. The molecule has 0 saturated carbocycles. The van der Waals surface area contributed by atoms with Crippen LogP contribution in [-0.2, 0) is 16.1 Å². The predicted molar refractivity (Wildman–Crippen MR) is 198 cm³/mol. The van der Waals surface area contributed by atoms with Crippen LogP contribution in [0.3, 0.4) is 0 Å². The number of nitrogens with one attached hydrogen (secondary N) is 2. The lowest BCUT2D eigenvalue weighted by Gasteiger charge is -2.43. The number of hydrogen-bond acceptors (Lipinski definition) is 10. The van der Waals surface area contributed by atoms with Crippen molar-refractivity contribution in [2.75, 3.05) is 80.1 Å². The van der Waals surface area contributed by atoms with E-state index in [0.29, 0.717) is 57.9 Å². The van der Waals surface area contributed by atoms with Gasteiger partial charge in [-0.15, -0.1) is 6.58 Å². The highest BCUT2D eigenvalue weighted by Crippen LogP contribution is 2.40. The zero-order valence-electron chi connectivity index (χ0n) is 27.9. The number of aromatic nitrogens is 2. The van der Waals surface area contributed by atoms with Gasteiger partial charge in [0.1, 0.15) is 17.9 Å². The maximum absolute atomic E-state index is 12.6. The van der Waals surface area contributed by atoms with Crippen LogP contribution in [0.2, 0.25) is 10.0 Å². The summed E-state index contributed by atoms with van der Waals surface area (Å²) in [5.41, 5.74) is 3.17. The molecular formula is C36H44Cl2N8O3. The third-order valence-corrected chi connectivity index (χ3v) is 10.4. The van der Waals surface area contributed by atoms with E-state index in [4.69, 9.17) is 32.8 Å². The number of rotatable bonds is 12. The van der Waals surface area contributed by atoms with Crippen LogP contribution in [0, 0.1) is 0 Å². The maximum Gasteiger partial charge on any atom is 0.247 e. The van der Waals surface area contributed by atoms with Crippen LogP contribution < -0.4 is 25.3 Å². The third kappa shape index (κ3) is 8.30. The highest BCUT2D eigenvalue weighted by atomic mass is 35.5. The number of benzene rings is 2. The van der Waals surface area contributed by atoms with Gasteiger partial charge in [-0.3, -0.25) is 19.4 Å². The molecule has 0 radical (unpaired) electrons. The molecule has 0 bridgehead atoms. The number of halogens is 2. The number of carbonyl (C=O) groups is 1. The Morgan fingerprint density at radius 1 is 1.04 bits per heavy atom. The summed E-state index contributed by atoms with van der Waals surface area (Å²) in [5.74, 6) is 1.49. The van der Waals surface area contributed by atoms with E-state index in [9.17, 15) is 4.79 Å². The molecule has 0 spiro atoms. The lowest BCUT2D eigenvalue weighted by molar-refractivity contribution is -0.111. The van der Waals surface area contributed by atoms with E-state index >= 15 is 0 Å². The van der Waals surface area contributed by atoms with Crippen LogP contribution in [0.25, 0.3) is 0 Å². The molecule has 0 unspecified atom stereocenters. The molecule has 1 aromatic heterocycles. The second-order valence-corrected chi connectivity index (χ2v) is 13.3. The summed E-state index contributed by atoms with van der Waals surface area (Å²) >= 11 is 12.8. The van der Waals surface area contributed by atoms with Crippen molar-refractivity contribution in [2.45, 2.75) is 37.8 Å². The zero-order valence-corrected chi connectivity index (χ0v) is 29.4. The van der Waals surface area contributed by atoms with Crippen LogP contribution in [0.4, 0.5) is 28.7 Å². The monoisotopic (exact) mass is 706 g/mol. The van der Waals surface area contributed by atoms with E-state index in [1.807, 2.05) is 41.5 Å². The molecule has 1 amide bonds. The number of piperazine rings is 1. The van der Waals surface area contributed by atoms with Gasteiger partial charge in [-0.1, -0.05) is 48.0 Å². The van der Waals surface area contributed by atoms with Crippen molar-refractivity contribution in [1.82, 2.24) is 19.8 Å². The summed E-state index contributed by atoms with van der Waals surface area (Å²) in [6, 6.07) is 11.9. The summed E-state index contributed by atoms with van der Waals surface area (Å²) in [6.07, 6.45) is 8.30. The van der Waals surface area contributed by atoms with Crippen molar-refractivity contribution in [3.8, 4) is 5.75 Å². The quantitative estimate of drug-likeness (QED) is 0.168. The van der Waals surface area contributed by atoms with Gasteiger partial charge in [0, 0.05) is 64.0 Å². The lowest BCUT2D eigenvalue weighted by Crippen LogP contribution is -2.53. The molecule has 3 saturated heterocycles. The van der Waals surface area contributed by atoms with Gasteiger partial charge >= 0.3 is 0 Å². The number of anilines is 5. The first-order valence-electron chi connectivity index (χ1n) is 16.8. The summed E-state index contributed by atoms with van der Waals surface area (Å²) in [4.78, 5) is 35.0. The Morgan fingerprint density at radius 2 is 1.84 bits per heavy atom. The molecule has 2 N–H and O–H groups in total. The fourth-order valence-electron chi connectivity index (χ4n) is 6.93. The molecule has 3 aliphatic heterocycles. The maximum atomic E-state index is 12.6. The van der Waals surface area contributed by atoms with Crippen LogP contribution in [0.1, 0.15) is 24.8 Å². The van der Waals surface area contributed by atoms with Gasteiger partial charge < -0.3 is 20.3 Å². The third-order valence-electron chi connectivity index (χ3n) is 9.52. The predicted octanol–water partition coefficient (Wildman–Crippen LogP) is 6.19. The van der Waals surface area contributed by atoms with Crippen molar-refractivity contribution in [2.24, 2.45) is 0 Å². The molecule has 49 heavy (non-hydrogen) atoms. The second kappa shape index (κ2) is 16.2. The fourth-order valence-corrected chi connectivity index (χ4v) is 7.33. The number of hydroxylamine groups is 1. The van der Waals surface area contributed by atoms with Crippen LogP contribution in [0.15, 0.2) is 68.0 Å². The number of ether oxygens (including phenoxy) is 1. The Bertz CT molecular complexity index is 1640. The molecule has 13 heteroatoms. The van der Waals surface area contributed by atoms with Gasteiger partial charge in [-0.25, -0.2) is 15.0 Å². The lowest BCUT2D eigenvalue weighted by atomic mass is 10.0. The highest BCUT2D eigenvalue weighted by molar-refractivity contribution is 6.42. The van der Waals surface area contributed by atoms with Gasteiger partial charge in [0.05, 0.1) is 46.9 Å². The molecule has 1 atom stereocenters. The highest BCUT2D eigenvalue weighted by Gasteiger charge is 2.30. The SMILES string of the molecule is C=CCN1CCN(C2CCN(c3cc(OC)c(Nc4cc(N5OCC[C@@H]5Cc5cccc(Cl)c5Cl)ncn4)cc3NC(=O)C=C)CC2)CC1. The van der Waals surface area contributed by atoms with Crippen molar-refractivity contribution in [1.29, 1.82) is 0 Å². The van der Waals surface area contributed by atoms with E-state index in [1.54, 1.807) is 13.2 Å². The fraction of sp³-hybridized carbons (Fsp3) is 0.417. The van der Waals surface area contributed by atoms with E-state index < -0.39 is 0 Å². The Labute approximate surface area is 298 Å². The first-order valence-corrected chi connectivity index (χ1v) is 17.5. The first kappa shape index (κ1) is 35.0. The summed E-state index contributed by atoms with van der Waals surface area (Å²) in [6.45, 7) is 15.1. The number of methoxy groups -OCH3 is 1. The summed E-state index contributed by atoms with van der Waals surface area (Å²) < 4.78 is 5.87. The number of carbonyl (C=O) groups excluding carboxylic acids is 1. The summed E-state index contributed by atoms with van der Waals surface area (Å²) in [7, 11) is 1.64. The molecule has 3 aliphatic rings. The Kier molecular flexibility index (Phi) is 11.6. The standard InChI is InChI=1S/C36H44Cl2N8O3/c1-4-12-43-15-17-44(18-16-43)26-9-13-45(14-10-26)31-22-32(48-3)30(21-29(31)42-35(47)5-2)41-33-23-34(40-24-39-33)46-27(11-19-49-46)20-25-7-6-8-28(37)36(25)38/h4-8,21-24,26-27H,1-2,9-20H2,3H3,(H,42,47)(H,39,40,41)/t27-/m1/s1. The Morgan fingerprint density at radius 3 is 2.57 bits per heavy atom. The van der Waals surface area contributed by atoms with Gasteiger partial charge in [-0.05, 0) is 49.5 Å². The minimum absolute atomic E-state index is 0.0132. The number of amides is 1. The minimum Gasteiger partial charge on any atom is -0.494 e. The number of piperidine rings is 1. The van der Waals surface area contributed by atoms with Crippen LogP contribution in [0.5, 0.6) is 5.75 Å². The van der Waals surface area contributed by atoms with E-state index in [1.165, 1.54) is 12.4 Å². The average molecular weight is 708 g/mol. The molecular weight excluding hydrogens is 663 g/mol. The van der Waals surface area contributed by atoms with Crippen molar-refractivity contribution in [3.63, 3.8) is 0 Å². The Hall–Kier alpha value is -3.87. The van der Waals surface area contributed by atoms with Gasteiger partial charge in [-0.2, -0.15) is 0 Å². The summed E-state index contributed by atoms with van der Waals surface area (Å²) in [5, 5.41) is 9.30. The average Bonchev–Trinajstić information content (AvgIpc) is 3.59. The molecule has 4 heterocycles. The first-order chi connectivity index (χ1) is 23.9. The van der Waals surface area contributed by atoms with Crippen LogP contribution >= 0.6 is 23.2 Å². The molecule has 3 aromatic rings. The van der Waals surface area contributed by atoms with Crippen molar-refractivity contribution < 1.29 is 14.4 Å². The zero-order chi connectivity index (χ0) is 34.3. The topological polar surface area (TPSA) is 98.3 Å². The van der Waals surface area contributed by atoms with Crippen molar-refractivity contribution in [3.05, 3.63) is 83.6 Å². The Balaban J connectivity index is 1.18. The molecule has 3 fully saturated rings. The minimum atomic E-state index is -0.286. The molecule has 260 valence electrons. The van der Waals surface area contributed by atoms with Crippen molar-refractivity contribution >= 4 is 57.8 Å². The number of nitrogens with zero attached hydrogens (tertiary/aromatic N) is 6. The van der Waals surface area contributed by atoms with E-state index in [0.717, 1.165) is 76.3 Å². The second-order valence-electron chi connectivity index (χ2n) is 12.5. The van der Waals surface area contributed by atoms with Crippen LogP contribution in [-0.4, -0.2) is 97.3 Å². The smallest absolute Gasteiger partial charge is 0.247 e. The van der Waals surface area contributed by atoms with Gasteiger partial charge in [0.15, 0.2) is 5.82 Å². The van der Waals surface area contributed by atoms with E-state index in [2.05, 4.69) is 48.5 Å². The number of hydrogen-bond donors (Lipinski definition) is 2. The molecule has 11 nitrogen and oxygen atoms in total. The van der Waals surface area contributed by atoms with E-state index in [-0.39, 0.29) is 11.9 Å². The molecule has 0 aliphatic carbocycles. The largest absolute Gasteiger partial charge is 0.494 e. The van der Waals surface area contributed by atoms with Gasteiger partial charge in [0.25, 0.3) is 0 Å².